The van der Waals surface area contributed by atoms with Crippen molar-refractivity contribution in [3.63, 3.8) is 0 Å². The number of furan rings is 1. The van der Waals surface area contributed by atoms with Crippen molar-refractivity contribution in [1.29, 1.82) is 0 Å². The molecule has 0 fully saturated rings. The maximum Gasteiger partial charge on any atom is 0.291 e. The third kappa shape index (κ3) is 4.20. The van der Waals surface area contributed by atoms with E-state index in [0.29, 0.717) is 27.7 Å². The molecule has 0 saturated heterocycles. The molecule has 2 aromatic carbocycles. The highest BCUT2D eigenvalue weighted by Crippen LogP contribution is 2.24. The molecule has 2 heterocycles. The van der Waals surface area contributed by atoms with Gasteiger partial charge >= 0.3 is 0 Å². The predicted octanol–water partition coefficient (Wildman–Crippen LogP) is 4.83. The lowest BCUT2D eigenvalue weighted by Crippen LogP contribution is -2.13. The highest BCUT2D eigenvalue weighted by atomic mass is 35.5. The molecule has 0 aliphatic heterocycles. The van der Waals surface area contributed by atoms with Crippen LogP contribution in [0.2, 0.25) is 5.02 Å². The first-order valence-electron chi connectivity index (χ1n) is 8.66. The van der Waals surface area contributed by atoms with Gasteiger partial charge in [0.15, 0.2) is 5.76 Å². The second-order valence-corrected chi connectivity index (χ2v) is 6.56. The molecule has 4 rings (SSSR count). The number of halogens is 1. The highest BCUT2D eigenvalue weighted by Gasteiger charge is 2.16. The van der Waals surface area contributed by atoms with E-state index in [4.69, 9.17) is 16.0 Å². The first-order chi connectivity index (χ1) is 14.1. The number of nitrogens with one attached hydrogen (secondary N) is 3. The van der Waals surface area contributed by atoms with Crippen LogP contribution < -0.4 is 10.6 Å². The van der Waals surface area contributed by atoms with Crippen molar-refractivity contribution in [2.75, 3.05) is 10.6 Å². The van der Waals surface area contributed by atoms with Crippen LogP contribution in [0.25, 0.3) is 11.3 Å². The first kappa shape index (κ1) is 18.5. The van der Waals surface area contributed by atoms with Gasteiger partial charge in [-0.25, -0.2) is 0 Å². The van der Waals surface area contributed by atoms with Gasteiger partial charge in [-0.05, 0) is 48.5 Å². The minimum Gasteiger partial charge on any atom is -0.459 e. The summed E-state index contributed by atoms with van der Waals surface area (Å²) in [4.78, 5) is 24.7. The summed E-state index contributed by atoms with van der Waals surface area (Å²) >= 11 is 5.92. The van der Waals surface area contributed by atoms with Crippen molar-refractivity contribution >= 4 is 34.8 Å². The zero-order chi connectivity index (χ0) is 20.2. The molecular weight excluding hydrogens is 392 g/mol. The molecule has 8 heteroatoms. The van der Waals surface area contributed by atoms with Crippen LogP contribution in [-0.4, -0.2) is 22.0 Å². The normalized spacial score (nSPS) is 10.5. The van der Waals surface area contributed by atoms with Gasteiger partial charge in [-0.2, -0.15) is 5.10 Å². The van der Waals surface area contributed by atoms with Crippen LogP contribution in [0, 0.1) is 0 Å². The molecule has 0 unspecified atom stereocenters. The molecule has 144 valence electrons. The molecule has 2 aromatic heterocycles. The van der Waals surface area contributed by atoms with Crippen LogP contribution in [0.3, 0.4) is 0 Å². The highest BCUT2D eigenvalue weighted by molar-refractivity contribution is 6.30. The van der Waals surface area contributed by atoms with Crippen molar-refractivity contribution in [1.82, 2.24) is 10.2 Å². The second kappa shape index (κ2) is 8.04. The molecule has 0 atom stereocenters. The van der Waals surface area contributed by atoms with Gasteiger partial charge in [0.1, 0.15) is 0 Å². The third-order valence-corrected chi connectivity index (χ3v) is 4.41. The van der Waals surface area contributed by atoms with E-state index in [0.717, 1.165) is 5.56 Å². The Hall–Kier alpha value is -3.84. The summed E-state index contributed by atoms with van der Waals surface area (Å²) in [5, 5.41) is 13.0. The molecular formula is C21H15ClN4O3. The molecule has 0 aliphatic carbocycles. The average molecular weight is 407 g/mol. The van der Waals surface area contributed by atoms with Crippen LogP contribution in [0.1, 0.15) is 20.9 Å². The van der Waals surface area contributed by atoms with E-state index in [1.54, 1.807) is 48.5 Å². The summed E-state index contributed by atoms with van der Waals surface area (Å²) in [6.45, 7) is 0. The van der Waals surface area contributed by atoms with E-state index < -0.39 is 0 Å². The number of amides is 2. The van der Waals surface area contributed by atoms with Crippen LogP contribution in [0.5, 0.6) is 0 Å². The topological polar surface area (TPSA) is 100 Å². The maximum atomic E-state index is 12.7. The SMILES string of the molecule is O=C(Nc1ccc(NC(=O)c2cn[nH]c2-c2ccc(Cl)cc2)cc1)c1ccco1. The van der Waals surface area contributed by atoms with E-state index in [1.165, 1.54) is 12.5 Å². The number of carbonyl (C=O) groups is 2. The standard InChI is InChI=1S/C21H15ClN4O3/c22-14-5-3-13(4-6-14)19-17(12-23-26-19)20(27)24-15-7-9-16(10-8-15)25-21(28)18-2-1-11-29-18/h1-12H,(H,23,26)(H,24,27)(H,25,28). The smallest absolute Gasteiger partial charge is 0.291 e. The fraction of sp³-hybridized carbons (Fsp3) is 0. The van der Waals surface area contributed by atoms with Crippen LogP contribution in [-0.2, 0) is 0 Å². The number of H-pyrrole nitrogens is 1. The number of aromatic nitrogens is 2. The number of benzene rings is 2. The molecule has 7 nitrogen and oxygen atoms in total. The summed E-state index contributed by atoms with van der Waals surface area (Å²) in [5.41, 5.74) is 2.96. The molecule has 2 amide bonds. The van der Waals surface area contributed by atoms with E-state index in [1.807, 2.05) is 12.1 Å². The van der Waals surface area contributed by atoms with Gasteiger partial charge in [-0.1, -0.05) is 23.7 Å². The number of anilines is 2. The lowest BCUT2D eigenvalue weighted by atomic mass is 10.1. The minimum atomic E-state index is -0.349. The summed E-state index contributed by atoms with van der Waals surface area (Å²) in [6.07, 6.45) is 2.90. The molecule has 0 aliphatic rings. The molecule has 29 heavy (non-hydrogen) atoms. The Labute approximate surface area is 170 Å². The molecule has 0 radical (unpaired) electrons. The van der Waals surface area contributed by atoms with Crippen molar-refractivity contribution in [3.8, 4) is 11.3 Å². The van der Waals surface area contributed by atoms with Crippen molar-refractivity contribution < 1.29 is 14.0 Å². The van der Waals surface area contributed by atoms with Crippen LogP contribution >= 0.6 is 11.6 Å². The number of hydrogen-bond acceptors (Lipinski definition) is 4. The van der Waals surface area contributed by atoms with Crippen LogP contribution in [0.4, 0.5) is 11.4 Å². The van der Waals surface area contributed by atoms with E-state index >= 15 is 0 Å². The summed E-state index contributed by atoms with van der Waals surface area (Å²) in [6, 6.07) is 17.1. The Kier molecular flexibility index (Phi) is 5.13. The molecule has 0 spiro atoms. The largest absolute Gasteiger partial charge is 0.459 e. The number of aromatic amines is 1. The molecule has 4 aromatic rings. The summed E-state index contributed by atoms with van der Waals surface area (Å²) in [7, 11) is 0. The zero-order valence-corrected chi connectivity index (χ0v) is 15.7. The zero-order valence-electron chi connectivity index (χ0n) is 15.0. The summed E-state index contributed by atoms with van der Waals surface area (Å²) in [5.74, 6) is -0.439. The fourth-order valence-electron chi connectivity index (χ4n) is 2.73. The minimum absolute atomic E-state index is 0.220. The number of hydrogen-bond donors (Lipinski definition) is 3. The Bertz CT molecular complexity index is 1130. The van der Waals surface area contributed by atoms with Gasteiger partial charge in [0.2, 0.25) is 0 Å². The first-order valence-corrected chi connectivity index (χ1v) is 9.03. The molecule has 3 N–H and O–H groups in total. The average Bonchev–Trinajstić information content (AvgIpc) is 3.42. The van der Waals surface area contributed by atoms with Gasteiger partial charge in [0, 0.05) is 22.0 Å². The van der Waals surface area contributed by atoms with Gasteiger partial charge in [0.05, 0.1) is 23.7 Å². The third-order valence-electron chi connectivity index (χ3n) is 4.16. The summed E-state index contributed by atoms with van der Waals surface area (Å²) < 4.78 is 5.05. The number of rotatable bonds is 5. The van der Waals surface area contributed by atoms with Crippen LogP contribution in [0.15, 0.2) is 77.5 Å². The maximum absolute atomic E-state index is 12.7. The van der Waals surface area contributed by atoms with E-state index in [-0.39, 0.29) is 17.6 Å². The van der Waals surface area contributed by atoms with Gasteiger partial charge in [-0.3, -0.25) is 14.7 Å². The Morgan fingerprint density at radius 3 is 2.17 bits per heavy atom. The Balaban J connectivity index is 1.45. The van der Waals surface area contributed by atoms with Crippen molar-refractivity contribution in [2.45, 2.75) is 0 Å². The lowest BCUT2D eigenvalue weighted by molar-refractivity contribution is 0.0994. The monoisotopic (exact) mass is 406 g/mol. The van der Waals surface area contributed by atoms with Crippen molar-refractivity contribution in [2.24, 2.45) is 0 Å². The predicted molar refractivity (Wildman–Crippen MR) is 110 cm³/mol. The molecule has 0 saturated carbocycles. The van der Waals surface area contributed by atoms with E-state index in [2.05, 4.69) is 20.8 Å². The van der Waals surface area contributed by atoms with Gasteiger partial charge < -0.3 is 15.1 Å². The van der Waals surface area contributed by atoms with Crippen molar-refractivity contribution in [3.05, 3.63) is 89.5 Å². The second-order valence-electron chi connectivity index (χ2n) is 6.13. The Morgan fingerprint density at radius 1 is 0.897 bits per heavy atom. The Morgan fingerprint density at radius 2 is 1.55 bits per heavy atom. The molecule has 0 bridgehead atoms. The quantitative estimate of drug-likeness (QED) is 0.442. The number of nitrogens with zero attached hydrogens (tertiary/aromatic N) is 1. The lowest BCUT2D eigenvalue weighted by Gasteiger charge is -2.08. The van der Waals surface area contributed by atoms with Gasteiger partial charge in [0.25, 0.3) is 11.8 Å². The number of carbonyl (C=O) groups excluding carboxylic acids is 2. The van der Waals surface area contributed by atoms with Gasteiger partial charge in [-0.15, -0.1) is 0 Å². The fourth-order valence-corrected chi connectivity index (χ4v) is 2.86. The van der Waals surface area contributed by atoms with E-state index in [9.17, 15) is 9.59 Å².